The zero-order valence-electron chi connectivity index (χ0n) is 7.12. The minimum atomic E-state index is 0.113. The maximum atomic E-state index is 9.20. The molecule has 68 valence electrons. The zero-order chi connectivity index (χ0) is 9.26. The van der Waals surface area contributed by atoms with Crippen LogP contribution in [0.3, 0.4) is 0 Å². The zero-order valence-corrected chi connectivity index (χ0v) is 7.12. The van der Waals surface area contributed by atoms with E-state index in [4.69, 9.17) is 5.73 Å². The topological polar surface area (TPSA) is 70.6 Å². The number of nitrogens with zero attached hydrogens (tertiary/aromatic N) is 1. The van der Waals surface area contributed by atoms with E-state index in [-0.39, 0.29) is 5.75 Å². The summed E-state index contributed by atoms with van der Waals surface area (Å²) >= 11 is 0. The lowest BCUT2D eigenvalue weighted by Crippen LogP contribution is -2.19. The van der Waals surface area contributed by atoms with E-state index < -0.39 is 0 Å². The van der Waals surface area contributed by atoms with Gasteiger partial charge in [0.15, 0.2) is 0 Å². The van der Waals surface area contributed by atoms with Crippen molar-refractivity contribution in [2.24, 2.45) is 4.99 Å². The van der Waals surface area contributed by atoms with E-state index in [1.165, 1.54) is 0 Å². The number of aliphatic imine (C=N–C) groups is 1. The molecule has 1 aromatic carbocycles. The van der Waals surface area contributed by atoms with Crippen LogP contribution in [-0.4, -0.2) is 24.0 Å². The smallest absolute Gasteiger partial charge is 0.138 e. The molecule has 0 saturated carbocycles. The van der Waals surface area contributed by atoms with Crippen LogP contribution < -0.4 is 11.1 Å². The second-order valence-corrected chi connectivity index (χ2v) is 2.93. The molecule has 0 fully saturated rings. The Bertz CT molecular complexity index is 360. The van der Waals surface area contributed by atoms with Crippen molar-refractivity contribution in [3.8, 4) is 5.75 Å². The van der Waals surface area contributed by atoms with Crippen molar-refractivity contribution < 1.29 is 5.11 Å². The summed E-state index contributed by atoms with van der Waals surface area (Å²) in [6.45, 7) is 1.67. The number of nitrogen functional groups attached to an aromatic ring is 1. The van der Waals surface area contributed by atoms with Crippen LogP contribution in [0.2, 0.25) is 0 Å². The van der Waals surface area contributed by atoms with Crippen molar-refractivity contribution >= 4 is 11.5 Å². The molecule has 0 atom stereocenters. The van der Waals surface area contributed by atoms with E-state index in [1.807, 2.05) is 0 Å². The Balaban J connectivity index is 2.36. The number of phenolic OH excluding ortho intramolecular Hbond substituents is 1. The van der Waals surface area contributed by atoms with Gasteiger partial charge in [-0.3, -0.25) is 4.99 Å². The number of amidine groups is 1. The van der Waals surface area contributed by atoms with Gasteiger partial charge in [0.1, 0.15) is 11.6 Å². The lowest BCUT2D eigenvalue weighted by atomic mass is 10.2. The first-order valence-corrected chi connectivity index (χ1v) is 4.14. The van der Waals surface area contributed by atoms with Gasteiger partial charge in [-0.2, -0.15) is 0 Å². The van der Waals surface area contributed by atoms with Crippen molar-refractivity contribution in [1.82, 2.24) is 5.32 Å². The molecule has 1 heterocycles. The van der Waals surface area contributed by atoms with Crippen molar-refractivity contribution in [3.63, 3.8) is 0 Å². The number of hydrogen-bond acceptors (Lipinski definition) is 4. The molecule has 1 aromatic rings. The highest BCUT2D eigenvalue weighted by atomic mass is 16.3. The summed E-state index contributed by atoms with van der Waals surface area (Å²) in [5, 5.41) is 12.3. The van der Waals surface area contributed by atoms with Gasteiger partial charge in [0, 0.05) is 12.1 Å². The van der Waals surface area contributed by atoms with Crippen LogP contribution in [0.25, 0.3) is 0 Å². The fourth-order valence-corrected chi connectivity index (χ4v) is 1.29. The lowest BCUT2D eigenvalue weighted by Gasteiger charge is -2.04. The normalized spacial score (nSPS) is 15.2. The third kappa shape index (κ3) is 1.42. The molecule has 0 radical (unpaired) electrons. The van der Waals surface area contributed by atoms with Gasteiger partial charge in [0.2, 0.25) is 0 Å². The summed E-state index contributed by atoms with van der Waals surface area (Å²) in [7, 11) is 0. The van der Waals surface area contributed by atoms with Gasteiger partial charge in [0.25, 0.3) is 0 Å². The van der Waals surface area contributed by atoms with Gasteiger partial charge in [-0.15, -0.1) is 0 Å². The van der Waals surface area contributed by atoms with Crippen molar-refractivity contribution in [1.29, 1.82) is 0 Å². The molecule has 4 N–H and O–H groups in total. The maximum absolute atomic E-state index is 9.20. The first kappa shape index (κ1) is 7.91. The molecular formula is C9H11N3O. The number of phenols is 1. The van der Waals surface area contributed by atoms with Gasteiger partial charge in [-0.25, -0.2) is 0 Å². The third-order valence-electron chi connectivity index (χ3n) is 1.98. The molecule has 0 aromatic heterocycles. The molecule has 0 amide bonds. The van der Waals surface area contributed by atoms with Gasteiger partial charge in [-0.1, -0.05) is 0 Å². The summed E-state index contributed by atoms with van der Waals surface area (Å²) in [5.41, 5.74) is 6.86. The summed E-state index contributed by atoms with van der Waals surface area (Å²) < 4.78 is 0. The van der Waals surface area contributed by atoms with Crippen molar-refractivity contribution in [2.45, 2.75) is 0 Å². The van der Waals surface area contributed by atoms with Crippen molar-refractivity contribution in [2.75, 3.05) is 18.8 Å². The van der Waals surface area contributed by atoms with Gasteiger partial charge in [0.05, 0.1) is 12.2 Å². The van der Waals surface area contributed by atoms with Gasteiger partial charge in [-0.05, 0) is 18.2 Å². The number of aromatic hydroxyl groups is 1. The largest absolute Gasteiger partial charge is 0.506 e. The van der Waals surface area contributed by atoms with Crippen LogP contribution >= 0.6 is 0 Å². The fourth-order valence-electron chi connectivity index (χ4n) is 1.29. The van der Waals surface area contributed by atoms with Crippen LogP contribution in [-0.2, 0) is 0 Å². The SMILES string of the molecule is Nc1cc(C2=NCCN2)ccc1O. The Morgan fingerprint density at radius 2 is 2.31 bits per heavy atom. The van der Waals surface area contributed by atoms with E-state index in [9.17, 15) is 5.11 Å². The summed E-state index contributed by atoms with van der Waals surface area (Å²) in [4.78, 5) is 4.25. The summed E-state index contributed by atoms with van der Waals surface area (Å²) in [6.07, 6.45) is 0. The molecule has 0 saturated heterocycles. The Morgan fingerprint density at radius 1 is 1.46 bits per heavy atom. The standard InChI is InChI=1S/C9H11N3O/c10-7-5-6(1-2-8(7)13)9-11-3-4-12-9/h1-2,5,13H,3-4,10H2,(H,11,12). The Hall–Kier alpha value is -1.71. The molecule has 13 heavy (non-hydrogen) atoms. The number of rotatable bonds is 1. The molecule has 1 aliphatic heterocycles. The predicted octanol–water partition coefficient (Wildman–Crippen LogP) is 0.324. The second-order valence-electron chi connectivity index (χ2n) is 2.93. The molecule has 4 nitrogen and oxygen atoms in total. The van der Waals surface area contributed by atoms with Crippen LogP contribution in [0.4, 0.5) is 5.69 Å². The fraction of sp³-hybridized carbons (Fsp3) is 0.222. The van der Waals surface area contributed by atoms with Crippen LogP contribution in [0, 0.1) is 0 Å². The highest BCUT2D eigenvalue weighted by Gasteiger charge is 2.08. The average molecular weight is 177 g/mol. The highest BCUT2D eigenvalue weighted by molar-refractivity contribution is 6.00. The molecule has 0 bridgehead atoms. The van der Waals surface area contributed by atoms with Crippen LogP contribution in [0.5, 0.6) is 5.75 Å². The molecule has 0 aliphatic carbocycles. The quantitative estimate of drug-likeness (QED) is 0.427. The van der Waals surface area contributed by atoms with E-state index in [1.54, 1.807) is 18.2 Å². The average Bonchev–Trinajstić information content (AvgIpc) is 2.62. The minimum Gasteiger partial charge on any atom is -0.506 e. The van der Waals surface area contributed by atoms with E-state index in [0.29, 0.717) is 5.69 Å². The molecule has 0 spiro atoms. The summed E-state index contributed by atoms with van der Waals surface area (Å²) in [6, 6.07) is 5.09. The Labute approximate surface area is 76.1 Å². The number of hydrogen-bond donors (Lipinski definition) is 3. The second kappa shape index (κ2) is 2.97. The maximum Gasteiger partial charge on any atom is 0.138 e. The van der Waals surface area contributed by atoms with E-state index in [0.717, 1.165) is 24.5 Å². The van der Waals surface area contributed by atoms with E-state index >= 15 is 0 Å². The first-order valence-electron chi connectivity index (χ1n) is 4.14. The molecule has 2 rings (SSSR count). The van der Waals surface area contributed by atoms with Crippen molar-refractivity contribution in [3.05, 3.63) is 23.8 Å². The minimum absolute atomic E-state index is 0.113. The molecule has 0 unspecified atom stereocenters. The molecule has 1 aliphatic rings. The van der Waals surface area contributed by atoms with Crippen LogP contribution in [0.15, 0.2) is 23.2 Å². The lowest BCUT2D eigenvalue weighted by molar-refractivity contribution is 0.478. The monoisotopic (exact) mass is 177 g/mol. The number of nitrogens with two attached hydrogens (primary N) is 1. The summed E-state index contributed by atoms with van der Waals surface area (Å²) in [5.74, 6) is 0.967. The third-order valence-corrected chi connectivity index (χ3v) is 1.98. The predicted molar refractivity (Wildman–Crippen MR) is 51.9 cm³/mol. The molecular weight excluding hydrogens is 166 g/mol. The first-order chi connectivity index (χ1) is 6.27. The Kier molecular flexibility index (Phi) is 1.81. The highest BCUT2D eigenvalue weighted by Crippen LogP contribution is 2.20. The van der Waals surface area contributed by atoms with Gasteiger partial charge >= 0.3 is 0 Å². The number of anilines is 1. The van der Waals surface area contributed by atoms with Gasteiger partial charge < -0.3 is 16.2 Å². The van der Waals surface area contributed by atoms with E-state index in [2.05, 4.69) is 10.3 Å². The van der Waals surface area contributed by atoms with Crippen LogP contribution in [0.1, 0.15) is 5.56 Å². The Morgan fingerprint density at radius 3 is 2.92 bits per heavy atom. The number of benzene rings is 1. The number of nitrogens with one attached hydrogen (secondary N) is 1. The molecule has 4 heteroatoms.